The predicted octanol–water partition coefficient (Wildman–Crippen LogP) is -4.68. The second-order valence-electron chi connectivity index (χ2n) is 0.201. The van der Waals surface area contributed by atoms with Gasteiger partial charge < -0.3 is 14.8 Å². The molecule has 0 aliphatic rings. The summed E-state index contributed by atoms with van der Waals surface area (Å²) in [6, 6.07) is 0. The Bertz CT molecular complexity index is 12.3. The van der Waals surface area contributed by atoms with E-state index in [2.05, 4.69) is 0 Å². The maximum atomic E-state index is 8.52. The third-order valence-corrected chi connectivity index (χ3v) is 0. The van der Waals surface area contributed by atoms with Crippen LogP contribution in [0.15, 0.2) is 0 Å². The van der Waals surface area contributed by atoms with Crippen LogP contribution in [0.4, 0.5) is 0 Å². The monoisotopic (exact) mass is 242 g/mol. The molecule has 0 aliphatic heterocycles. The van der Waals surface area contributed by atoms with Crippen LogP contribution in [0.5, 0.6) is 0 Å². The van der Waals surface area contributed by atoms with Crippen LogP contribution in [-0.2, 0) is 0 Å². The topological polar surface area (TPSA) is 97.9 Å². The summed E-state index contributed by atoms with van der Waals surface area (Å²) in [5.74, 6) is 0. The summed E-state index contributed by atoms with van der Waals surface area (Å²) in [6.45, 7) is 0. The van der Waals surface area contributed by atoms with Crippen molar-refractivity contribution < 1.29 is 30.2 Å². The maximum absolute atomic E-state index is 8.52. The molecule has 3 N–H and O–H groups in total. The summed E-state index contributed by atoms with van der Waals surface area (Å²) in [4.78, 5) is 0. The molecule has 0 amide bonds. The summed E-state index contributed by atoms with van der Waals surface area (Å²) < 4.78 is 24.0. The molecule has 0 aromatic carbocycles. The van der Waals surface area contributed by atoms with Gasteiger partial charge in [-0.2, -0.15) is 0 Å². The first-order chi connectivity index (χ1) is 1.73. The first-order valence-corrected chi connectivity index (χ1v) is 1.43. The second kappa shape index (κ2) is 9.86. The Morgan fingerprint density at radius 3 is 1.33 bits per heavy atom. The van der Waals surface area contributed by atoms with E-state index in [1.807, 2.05) is 0 Å². The Morgan fingerprint density at radius 2 is 1.33 bits per heavy atom. The largest absolute Gasteiger partial charge is 0.321 e. The smallest absolute Gasteiger partial charge is 0.282 e. The Balaban J connectivity index is -0.0000000450. The van der Waals surface area contributed by atoms with E-state index in [0.717, 1.165) is 0 Å². The van der Waals surface area contributed by atoms with E-state index < -0.39 is 10.8 Å². The van der Waals surface area contributed by atoms with Gasteiger partial charge in [0.2, 0.25) is 0 Å². The molecule has 38 valence electrons. The molecule has 0 atom stereocenters. The van der Waals surface area contributed by atoms with Crippen molar-refractivity contribution in [2.24, 2.45) is 0 Å². The van der Waals surface area contributed by atoms with Crippen molar-refractivity contribution in [2.45, 2.75) is 0 Å². The van der Waals surface area contributed by atoms with E-state index >= 15 is 0 Å². The fraction of sp³-hybridized carbons (Fsp3) is 0. The van der Waals surface area contributed by atoms with Crippen molar-refractivity contribution in [3.63, 3.8) is 0 Å². The Hall–Kier alpha value is 1.70. The van der Waals surface area contributed by atoms with Crippen LogP contribution in [0.3, 0.4) is 0 Å². The van der Waals surface area contributed by atoms with Crippen molar-refractivity contribution in [1.82, 2.24) is 0 Å². The van der Waals surface area contributed by atoms with Crippen LogP contribution < -0.4 is 9.32 Å². The molecule has 0 heterocycles. The summed E-state index contributed by atoms with van der Waals surface area (Å²) in [5, 5.41) is 0. The predicted molar refractivity (Wildman–Crippen MR) is 14.4 cm³/mol. The van der Waals surface area contributed by atoms with Gasteiger partial charge in [0, 0.05) is 4.66 Å². The minimum absolute atomic E-state index is 0. The Labute approximate surface area is 77.9 Å². The normalized spacial score (nSPS) is 6.00. The van der Waals surface area contributed by atoms with Crippen LogP contribution in [0, 0.1) is 10.8 Å². The second-order valence-corrected chi connectivity index (χ2v) is 0.603. The zero-order chi connectivity index (χ0) is 3.58. The van der Waals surface area contributed by atoms with Crippen molar-refractivity contribution in [2.75, 3.05) is 0 Å². The molecule has 0 fully saturated rings. The van der Waals surface area contributed by atoms with Crippen LogP contribution in [0.2, 0.25) is 0 Å². The van der Waals surface area contributed by atoms with Crippen molar-refractivity contribution in [3.05, 3.63) is 0 Å². The van der Waals surface area contributed by atoms with Gasteiger partial charge in [-0.05, 0) is 0 Å². The van der Waals surface area contributed by atoms with Crippen molar-refractivity contribution >= 4 is 48.9 Å². The molecule has 0 saturated heterocycles. The van der Waals surface area contributed by atoms with Gasteiger partial charge in [-0.3, -0.25) is 0 Å². The van der Waals surface area contributed by atoms with Gasteiger partial charge in [-0.15, -0.1) is 0 Å². The van der Waals surface area contributed by atoms with E-state index in [-0.39, 0.29) is 54.4 Å². The van der Waals surface area contributed by atoms with Gasteiger partial charge in [-0.25, -0.2) is 0 Å². The van der Waals surface area contributed by atoms with Crippen LogP contribution in [0.1, 0.15) is 0 Å². The molecule has 0 aliphatic carbocycles. The molecule has 4 nitrogen and oxygen atoms in total. The molecule has 0 saturated carbocycles. The van der Waals surface area contributed by atoms with E-state index in [1.165, 1.54) is 0 Å². The van der Waals surface area contributed by atoms with Gasteiger partial charge in [0.05, 0.1) is 0 Å². The SMILES string of the molecule is O.[BaH2].[O-][Cl+2]([O-])O. The van der Waals surface area contributed by atoms with Crippen molar-refractivity contribution in [1.29, 1.82) is 0 Å². The molecule has 0 radical (unpaired) electrons. The third-order valence-electron chi connectivity index (χ3n) is 0. The van der Waals surface area contributed by atoms with Crippen LogP contribution >= 0.6 is 0 Å². The number of halogens is 1. The van der Waals surface area contributed by atoms with E-state index in [0.29, 0.717) is 0 Å². The van der Waals surface area contributed by atoms with E-state index in [4.69, 9.17) is 14.0 Å². The summed E-state index contributed by atoms with van der Waals surface area (Å²) >= 11 is 0. The maximum Gasteiger partial charge on any atom is 0.282 e. The first-order valence-electron chi connectivity index (χ1n) is 0.478. The fourth-order valence-corrected chi connectivity index (χ4v) is 0. The summed E-state index contributed by atoms with van der Waals surface area (Å²) in [7, 11) is -2.60. The molecule has 6 heavy (non-hydrogen) atoms. The molecule has 0 aromatic heterocycles. The van der Waals surface area contributed by atoms with Gasteiger partial charge in [0.1, 0.15) is 0 Å². The van der Waals surface area contributed by atoms with E-state index in [9.17, 15) is 0 Å². The molecule has 0 unspecified atom stereocenters. The minimum atomic E-state index is -2.60. The zero-order valence-corrected chi connectivity index (χ0v) is 2.90. The van der Waals surface area contributed by atoms with Crippen molar-refractivity contribution in [3.8, 4) is 0 Å². The Kier molecular flexibility index (Phi) is 25.7. The van der Waals surface area contributed by atoms with Gasteiger partial charge in [0.15, 0.2) is 0 Å². The summed E-state index contributed by atoms with van der Waals surface area (Å²) in [6.07, 6.45) is 0. The first kappa shape index (κ1) is 15.6. The Morgan fingerprint density at radius 1 is 1.33 bits per heavy atom. The molecule has 0 spiro atoms. The fourth-order valence-electron chi connectivity index (χ4n) is 0. The van der Waals surface area contributed by atoms with Gasteiger partial charge >= 0.3 is 48.9 Å². The van der Waals surface area contributed by atoms with Gasteiger partial charge in [0.25, 0.3) is 10.8 Å². The number of rotatable bonds is 0. The number of hydrogen-bond donors (Lipinski definition) is 1. The molecule has 0 bridgehead atoms. The minimum Gasteiger partial charge on any atom is -0.321 e. The molecule has 6 heteroatoms. The van der Waals surface area contributed by atoms with Crippen LogP contribution in [-0.4, -0.2) is 59.0 Å². The average Bonchev–Trinajstić information content (AvgIpc) is 0.811. The molecule has 0 aromatic rings. The molecule has 0 rings (SSSR count). The van der Waals surface area contributed by atoms with Crippen LogP contribution in [0.25, 0.3) is 0 Å². The zero-order valence-electron chi connectivity index (χ0n) is 2.14. The molecular formula is H5BaClO4. The molecular weight excluding hydrogens is 237 g/mol. The number of hydrogen-bond acceptors (Lipinski definition) is 3. The summed E-state index contributed by atoms with van der Waals surface area (Å²) in [5.41, 5.74) is 0. The van der Waals surface area contributed by atoms with Gasteiger partial charge in [-0.1, -0.05) is 0 Å². The average molecular weight is 242 g/mol. The van der Waals surface area contributed by atoms with E-state index in [1.54, 1.807) is 0 Å². The third kappa shape index (κ3) is 43.5. The standard InChI is InChI=1S/Ba.ClHO3.H2O.2H/c;2-1(3)4;;;/h;2H;1H2;;. The quantitative estimate of drug-likeness (QED) is 0.432.